The van der Waals surface area contributed by atoms with Gasteiger partial charge in [-0.1, -0.05) is 32.1 Å². The van der Waals surface area contributed by atoms with Gasteiger partial charge < -0.3 is 10.5 Å². The first-order valence-corrected chi connectivity index (χ1v) is 5.35. The van der Waals surface area contributed by atoms with Gasteiger partial charge in [-0.25, -0.2) is 4.98 Å². The molecule has 82 valence electrons. The summed E-state index contributed by atoms with van der Waals surface area (Å²) in [6.45, 7) is 6.21. The second kappa shape index (κ2) is 5.07. The molecule has 1 atom stereocenters. The van der Waals surface area contributed by atoms with Gasteiger partial charge in [-0.05, 0) is 18.9 Å². The van der Waals surface area contributed by atoms with Crippen molar-refractivity contribution < 1.29 is 4.74 Å². The van der Waals surface area contributed by atoms with Gasteiger partial charge in [0, 0.05) is 6.07 Å². The van der Waals surface area contributed by atoms with Crippen molar-refractivity contribution in [3.05, 3.63) is 23.9 Å². The highest BCUT2D eigenvalue weighted by molar-refractivity contribution is 7.80. The molecule has 0 spiro atoms. The van der Waals surface area contributed by atoms with Crippen LogP contribution >= 0.6 is 12.2 Å². The number of hydrogen-bond acceptors (Lipinski definition) is 3. The van der Waals surface area contributed by atoms with Crippen molar-refractivity contribution in [1.82, 2.24) is 4.98 Å². The van der Waals surface area contributed by atoms with E-state index in [2.05, 4.69) is 18.8 Å². The average Bonchev–Trinajstić information content (AvgIpc) is 2.18. The van der Waals surface area contributed by atoms with Crippen LogP contribution < -0.4 is 10.5 Å². The fourth-order valence-electron chi connectivity index (χ4n) is 0.944. The van der Waals surface area contributed by atoms with E-state index in [0.29, 0.717) is 17.5 Å². The first kappa shape index (κ1) is 11.9. The average molecular weight is 224 g/mol. The van der Waals surface area contributed by atoms with Gasteiger partial charge >= 0.3 is 0 Å². The molecular weight excluding hydrogens is 208 g/mol. The SMILES string of the molecule is CC(C)C(C)Oc1cccc(C(N)=S)n1. The Balaban J connectivity index is 2.78. The van der Waals surface area contributed by atoms with Gasteiger partial charge in [-0.2, -0.15) is 0 Å². The highest BCUT2D eigenvalue weighted by Gasteiger charge is 2.09. The van der Waals surface area contributed by atoms with Crippen molar-refractivity contribution in [2.45, 2.75) is 26.9 Å². The van der Waals surface area contributed by atoms with E-state index in [0.717, 1.165) is 0 Å². The Labute approximate surface area is 95.7 Å². The van der Waals surface area contributed by atoms with E-state index in [1.807, 2.05) is 13.0 Å². The second-order valence-corrected chi connectivity index (χ2v) is 4.23. The Hall–Kier alpha value is -1.16. The molecule has 0 amide bonds. The molecule has 15 heavy (non-hydrogen) atoms. The predicted molar refractivity (Wildman–Crippen MR) is 65.1 cm³/mol. The van der Waals surface area contributed by atoms with Gasteiger partial charge in [0.15, 0.2) is 0 Å². The lowest BCUT2D eigenvalue weighted by Crippen LogP contribution is -2.20. The zero-order valence-corrected chi connectivity index (χ0v) is 10.0. The van der Waals surface area contributed by atoms with Crippen molar-refractivity contribution in [2.24, 2.45) is 11.7 Å². The van der Waals surface area contributed by atoms with E-state index >= 15 is 0 Å². The minimum Gasteiger partial charge on any atom is -0.474 e. The van der Waals surface area contributed by atoms with Gasteiger partial charge in [-0.3, -0.25) is 0 Å². The van der Waals surface area contributed by atoms with Crippen LogP contribution in [-0.2, 0) is 0 Å². The maximum Gasteiger partial charge on any atom is 0.214 e. The molecule has 4 heteroatoms. The van der Waals surface area contributed by atoms with Gasteiger partial charge in [0.1, 0.15) is 10.7 Å². The summed E-state index contributed by atoms with van der Waals surface area (Å²) >= 11 is 4.85. The van der Waals surface area contributed by atoms with Crippen molar-refractivity contribution in [1.29, 1.82) is 0 Å². The molecule has 1 heterocycles. The Morgan fingerprint density at radius 1 is 1.40 bits per heavy atom. The van der Waals surface area contributed by atoms with E-state index in [1.165, 1.54) is 0 Å². The largest absolute Gasteiger partial charge is 0.474 e. The highest BCUT2D eigenvalue weighted by atomic mass is 32.1. The maximum absolute atomic E-state index is 5.64. The summed E-state index contributed by atoms with van der Waals surface area (Å²) in [4.78, 5) is 4.50. The van der Waals surface area contributed by atoms with E-state index in [1.54, 1.807) is 12.1 Å². The van der Waals surface area contributed by atoms with Gasteiger partial charge in [0.25, 0.3) is 0 Å². The van der Waals surface area contributed by atoms with E-state index < -0.39 is 0 Å². The van der Waals surface area contributed by atoms with E-state index in [9.17, 15) is 0 Å². The van der Waals surface area contributed by atoms with Crippen molar-refractivity contribution in [2.75, 3.05) is 0 Å². The minimum absolute atomic E-state index is 0.124. The third kappa shape index (κ3) is 3.47. The fourth-order valence-corrected chi connectivity index (χ4v) is 1.06. The molecule has 0 aliphatic rings. The minimum atomic E-state index is 0.124. The number of thiocarbonyl (C=S) groups is 1. The van der Waals surface area contributed by atoms with Crippen LogP contribution in [0.25, 0.3) is 0 Å². The number of nitrogens with zero attached hydrogens (tertiary/aromatic N) is 1. The van der Waals surface area contributed by atoms with Crippen LogP contribution in [0.1, 0.15) is 26.5 Å². The topological polar surface area (TPSA) is 48.1 Å². The number of ether oxygens (including phenoxy) is 1. The summed E-state index contributed by atoms with van der Waals surface area (Å²) in [6, 6.07) is 5.42. The quantitative estimate of drug-likeness (QED) is 0.796. The fraction of sp³-hybridized carbons (Fsp3) is 0.455. The first-order valence-electron chi connectivity index (χ1n) is 4.94. The summed E-state index contributed by atoms with van der Waals surface area (Å²) < 4.78 is 5.64. The molecule has 0 aliphatic carbocycles. The van der Waals surface area contributed by atoms with Crippen LogP contribution in [0.4, 0.5) is 0 Å². The summed E-state index contributed by atoms with van der Waals surface area (Å²) in [5.41, 5.74) is 6.08. The molecule has 1 unspecified atom stereocenters. The summed E-state index contributed by atoms with van der Waals surface area (Å²) in [7, 11) is 0. The molecule has 0 radical (unpaired) electrons. The normalized spacial score (nSPS) is 12.5. The van der Waals surface area contributed by atoms with Gasteiger partial charge in [0.2, 0.25) is 5.88 Å². The van der Waals surface area contributed by atoms with Crippen LogP contribution in [0.15, 0.2) is 18.2 Å². The lowest BCUT2D eigenvalue weighted by atomic mass is 10.1. The Morgan fingerprint density at radius 2 is 2.07 bits per heavy atom. The molecule has 1 rings (SSSR count). The smallest absolute Gasteiger partial charge is 0.214 e. The van der Waals surface area contributed by atoms with E-state index in [-0.39, 0.29) is 11.1 Å². The Morgan fingerprint density at radius 3 is 2.60 bits per heavy atom. The van der Waals surface area contributed by atoms with E-state index in [4.69, 9.17) is 22.7 Å². The molecule has 0 fully saturated rings. The number of hydrogen-bond donors (Lipinski definition) is 1. The summed E-state index contributed by atoms with van der Waals surface area (Å²) in [5.74, 6) is 1.02. The molecule has 2 N–H and O–H groups in total. The van der Waals surface area contributed by atoms with Crippen LogP contribution in [0, 0.1) is 5.92 Å². The van der Waals surface area contributed by atoms with Crippen LogP contribution in [0.5, 0.6) is 5.88 Å². The maximum atomic E-state index is 5.64. The predicted octanol–water partition coefficient (Wildman–Crippen LogP) is 2.14. The third-order valence-corrected chi connectivity index (χ3v) is 2.43. The zero-order valence-electron chi connectivity index (χ0n) is 9.23. The summed E-state index contributed by atoms with van der Waals surface area (Å²) in [5, 5.41) is 0. The monoisotopic (exact) mass is 224 g/mol. The molecule has 1 aromatic rings. The number of aromatic nitrogens is 1. The number of pyridine rings is 1. The Kier molecular flexibility index (Phi) is 4.03. The standard InChI is InChI=1S/C11H16N2OS/c1-7(2)8(3)14-10-6-4-5-9(13-10)11(12)15/h4-8H,1-3H3,(H2,12,15). The van der Waals surface area contributed by atoms with Crippen molar-refractivity contribution in [3.8, 4) is 5.88 Å². The highest BCUT2D eigenvalue weighted by Crippen LogP contribution is 2.13. The Bertz CT molecular complexity index is 352. The molecule has 0 aromatic carbocycles. The first-order chi connectivity index (χ1) is 7.00. The lowest BCUT2D eigenvalue weighted by Gasteiger charge is -2.17. The molecule has 0 saturated heterocycles. The van der Waals surface area contributed by atoms with Crippen molar-refractivity contribution in [3.63, 3.8) is 0 Å². The van der Waals surface area contributed by atoms with Crippen LogP contribution in [-0.4, -0.2) is 16.1 Å². The molecule has 0 bridgehead atoms. The molecular formula is C11H16N2OS. The van der Waals surface area contributed by atoms with Crippen LogP contribution in [0.3, 0.4) is 0 Å². The third-order valence-electron chi connectivity index (χ3n) is 2.22. The van der Waals surface area contributed by atoms with Gasteiger partial charge in [-0.15, -0.1) is 0 Å². The second-order valence-electron chi connectivity index (χ2n) is 3.79. The zero-order chi connectivity index (χ0) is 11.4. The van der Waals surface area contributed by atoms with Gasteiger partial charge in [0.05, 0.1) is 6.10 Å². The van der Waals surface area contributed by atoms with Crippen LogP contribution in [0.2, 0.25) is 0 Å². The molecule has 3 nitrogen and oxygen atoms in total. The van der Waals surface area contributed by atoms with Crippen molar-refractivity contribution >= 4 is 17.2 Å². The number of rotatable bonds is 4. The summed E-state index contributed by atoms with van der Waals surface area (Å²) in [6.07, 6.45) is 0.124. The number of nitrogens with two attached hydrogens (primary N) is 1. The molecule has 1 aromatic heterocycles. The molecule has 0 saturated carbocycles. The molecule has 0 aliphatic heterocycles. The lowest BCUT2D eigenvalue weighted by molar-refractivity contribution is 0.163.